The van der Waals surface area contributed by atoms with Gasteiger partial charge in [-0.15, -0.1) is 0 Å². The first kappa shape index (κ1) is 26.8. The van der Waals surface area contributed by atoms with E-state index < -0.39 is 24.1 Å². The van der Waals surface area contributed by atoms with E-state index in [1.54, 1.807) is 31.3 Å². The maximum Gasteiger partial charge on any atom is 0.326 e. The van der Waals surface area contributed by atoms with E-state index in [-0.39, 0.29) is 6.61 Å². The van der Waals surface area contributed by atoms with E-state index in [9.17, 15) is 19.8 Å². The lowest BCUT2D eigenvalue weighted by atomic mass is 10.1. The van der Waals surface area contributed by atoms with Gasteiger partial charge in [-0.2, -0.15) is 0 Å². The van der Waals surface area contributed by atoms with Crippen LogP contribution in [0, 0.1) is 0 Å². The molecule has 0 spiro atoms. The third-order valence-corrected chi connectivity index (χ3v) is 4.48. The van der Waals surface area contributed by atoms with Gasteiger partial charge in [0, 0.05) is 24.8 Å². The van der Waals surface area contributed by atoms with Crippen LogP contribution in [-0.2, 0) is 14.3 Å². The Morgan fingerprint density at radius 1 is 1.00 bits per heavy atom. The van der Waals surface area contributed by atoms with E-state index in [0.29, 0.717) is 51.2 Å². The van der Waals surface area contributed by atoms with Crippen molar-refractivity contribution in [3.8, 4) is 0 Å². The number of unbranched alkanes of at least 4 members (excludes halogenated alkanes) is 1. The number of hydrogen-bond acceptors (Lipinski definition) is 8. The number of carbonyl (C=O) groups excluding carboxylic acids is 1. The van der Waals surface area contributed by atoms with Gasteiger partial charge in [-0.25, -0.2) is 4.79 Å². The Morgan fingerprint density at radius 2 is 1.71 bits per heavy atom. The standard InChI is InChI=1S/C21H36N4O6/c1-22-11-12-30-13-14-31-15-19(26)24-10-4-3-5-18(21(28)29)25-20(27)16-6-8-17(23-2)9-7-16/h6-9,18-19,22-24,26H,3-5,10-15H2,1-2H3,(H,25,27)(H,28,29). The predicted molar refractivity (Wildman–Crippen MR) is 118 cm³/mol. The van der Waals surface area contributed by atoms with E-state index in [0.717, 1.165) is 12.2 Å². The lowest BCUT2D eigenvalue weighted by Crippen LogP contribution is -2.41. The van der Waals surface area contributed by atoms with Crippen LogP contribution in [0.5, 0.6) is 0 Å². The van der Waals surface area contributed by atoms with Gasteiger partial charge in [0.15, 0.2) is 0 Å². The Hall–Kier alpha value is -2.24. The molecule has 1 rings (SSSR count). The van der Waals surface area contributed by atoms with Crippen LogP contribution < -0.4 is 21.3 Å². The highest BCUT2D eigenvalue weighted by Crippen LogP contribution is 2.09. The van der Waals surface area contributed by atoms with Crippen molar-refractivity contribution in [2.75, 3.05) is 58.9 Å². The molecule has 0 saturated heterocycles. The molecule has 0 radical (unpaired) electrons. The summed E-state index contributed by atoms with van der Waals surface area (Å²) in [7, 11) is 3.63. The molecule has 0 heterocycles. The minimum Gasteiger partial charge on any atom is -0.480 e. The van der Waals surface area contributed by atoms with Gasteiger partial charge in [-0.3, -0.25) is 10.1 Å². The molecular formula is C21H36N4O6. The minimum absolute atomic E-state index is 0.148. The Balaban J connectivity index is 2.18. The van der Waals surface area contributed by atoms with Gasteiger partial charge >= 0.3 is 5.97 Å². The number of hydrogen-bond donors (Lipinski definition) is 6. The molecule has 10 nitrogen and oxygen atoms in total. The van der Waals surface area contributed by atoms with E-state index in [2.05, 4.69) is 21.3 Å². The number of ether oxygens (including phenoxy) is 2. The fourth-order valence-corrected chi connectivity index (χ4v) is 2.68. The largest absolute Gasteiger partial charge is 0.480 e. The molecule has 1 aromatic rings. The average Bonchev–Trinajstić information content (AvgIpc) is 2.77. The fraction of sp³-hybridized carbons (Fsp3) is 0.619. The zero-order chi connectivity index (χ0) is 22.9. The fourth-order valence-electron chi connectivity index (χ4n) is 2.68. The first-order chi connectivity index (χ1) is 15.0. The lowest BCUT2D eigenvalue weighted by Gasteiger charge is -2.16. The summed E-state index contributed by atoms with van der Waals surface area (Å²) in [4.78, 5) is 23.7. The highest BCUT2D eigenvalue weighted by Gasteiger charge is 2.20. The second kappa shape index (κ2) is 16.5. The predicted octanol–water partition coefficient (Wildman–Crippen LogP) is 0.242. The molecule has 1 amide bonds. The summed E-state index contributed by atoms with van der Waals surface area (Å²) in [6.07, 6.45) is 0.734. The Bertz CT molecular complexity index is 629. The number of nitrogens with one attached hydrogen (secondary N) is 4. The van der Waals surface area contributed by atoms with Gasteiger partial charge in [-0.05, 0) is 57.1 Å². The van der Waals surface area contributed by atoms with Gasteiger partial charge in [0.05, 0.1) is 26.4 Å². The third kappa shape index (κ3) is 12.3. The maximum absolute atomic E-state index is 12.3. The van der Waals surface area contributed by atoms with Crippen molar-refractivity contribution >= 4 is 17.6 Å². The van der Waals surface area contributed by atoms with Crippen LogP contribution in [0.4, 0.5) is 5.69 Å². The van der Waals surface area contributed by atoms with Crippen molar-refractivity contribution in [1.82, 2.24) is 16.0 Å². The number of aliphatic hydroxyl groups is 1. The molecule has 6 N–H and O–H groups in total. The number of benzene rings is 1. The summed E-state index contributed by atoms with van der Waals surface area (Å²) in [6.45, 7) is 2.92. The van der Waals surface area contributed by atoms with Crippen molar-refractivity contribution < 1.29 is 29.3 Å². The normalized spacial score (nSPS) is 12.9. The van der Waals surface area contributed by atoms with Crippen LogP contribution in [-0.4, -0.2) is 88.0 Å². The van der Waals surface area contributed by atoms with Gasteiger partial charge in [0.2, 0.25) is 0 Å². The molecule has 176 valence electrons. The van der Waals surface area contributed by atoms with Gasteiger partial charge in [0.1, 0.15) is 12.3 Å². The Morgan fingerprint density at radius 3 is 2.35 bits per heavy atom. The number of carboxylic acids is 1. The molecule has 1 aromatic carbocycles. The van der Waals surface area contributed by atoms with Gasteiger partial charge in [-0.1, -0.05) is 0 Å². The number of likely N-dealkylation sites (N-methyl/N-ethyl adjacent to an activating group) is 1. The molecule has 2 unspecified atom stereocenters. The third-order valence-electron chi connectivity index (χ3n) is 4.48. The minimum atomic E-state index is -1.07. The Kier molecular flexibility index (Phi) is 14.2. The van der Waals surface area contributed by atoms with Gasteiger partial charge in [0.25, 0.3) is 5.91 Å². The molecule has 10 heteroatoms. The van der Waals surface area contributed by atoms with Crippen molar-refractivity contribution in [2.24, 2.45) is 0 Å². The summed E-state index contributed by atoms with van der Waals surface area (Å²) in [6, 6.07) is 5.82. The lowest BCUT2D eigenvalue weighted by molar-refractivity contribution is -0.139. The number of amides is 1. The number of anilines is 1. The second-order valence-corrected chi connectivity index (χ2v) is 6.95. The van der Waals surface area contributed by atoms with Crippen molar-refractivity contribution in [3.05, 3.63) is 29.8 Å². The second-order valence-electron chi connectivity index (χ2n) is 6.95. The SMILES string of the molecule is CNCCOCCOCC(O)NCCCCC(NC(=O)c1ccc(NC)cc1)C(=O)O. The smallest absolute Gasteiger partial charge is 0.326 e. The molecule has 0 saturated carbocycles. The van der Waals surface area contributed by atoms with Crippen LogP contribution in [0.15, 0.2) is 24.3 Å². The molecular weight excluding hydrogens is 404 g/mol. The summed E-state index contributed by atoms with van der Waals surface area (Å²) >= 11 is 0. The molecule has 0 aliphatic heterocycles. The first-order valence-corrected chi connectivity index (χ1v) is 10.5. The van der Waals surface area contributed by atoms with E-state index in [4.69, 9.17) is 9.47 Å². The molecule has 0 bridgehead atoms. The summed E-state index contributed by atoms with van der Waals surface area (Å²) in [5.74, 6) is -1.49. The van der Waals surface area contributed by atoms with Crippen LogP contribution in [0.2, 0.25) is 0 Å². The summed E-state index contributed by atoms with van der Waals surface area (Å²) in [5, 5.41) is 30.6. The average molecular weight is 441 g/mol. The van der Waals surface area contributed by atoms with E-state index in [1.807, 2.05) is 7.05 Å². The summed E-state index contributed by atoms with van der Waals surface area (Å²) in [5.41, 5.74) is 1.27. The van der Waals surface area contributed by atoms with Crippen LogP contribution in [0.3, 0.4) is 0 Å². The number of aliphatic hydroxyl groups excluding tert-OH is 1. The molecule has 0 aromatic heterocycles. The van der Waals surface area contributed by atoms with Crippen LogP contribution >= 0.6 is 0 Å². The molecule has 0 fully saturated rings. The first-order valence-electron chi connectivity index (χ1n) is 10.5. The van der Waals surface area contributed by atoms with Crippen molar-refractivity contribution in [2.45, 2.75) is 31.5 Å². The van der Waals surface area contributed by atoms with Crippen molar-refractivity contribution in [1.29, 1.82) is 0 Å². The topological polar surface area (TPSA) is 141 Å². The highest BCUT2D eigenvalue weighted by atomic mass is 16.5. The van der Waals surface area contributed by atoms with Crippen molar-refractivity contribution in [3.63, 3.8) is 0 Å². The van der Waals surface area contributed by atoms with Crippen LogP contribution in [0.25, 0.3) is 0 Å². The maximum atomic E-state index is 12.3. The monoisotopic (exact) mass is 440 g/mol. The van der Waals surface area contributed by atoms with Gasteiger partial charge < -0.3 is 35.6 Å². The number of carbonyl (C=O) groups is 2. The molecule has 2 atom stereocenters. The highest BCUT2D eigenvalue weighted by molar-refractivity contribution is 5.96. The molecule has 31 heavy (non-hydrogen) atoms. The number of aliphatic carboxylic acids is 1. The number of rotatable bonds is 18. The zero-order valence-electron chi connectivity index (χ0n) is 18.4. The molecule has 0 aliphatic rings. The Labute approximate surface area is 183 Å². The molecule has 0 aliphatic carbocycles. The zero-order valence-corrected chi connectivity index (χ0v) is 18.4. The number of carboxylic acid groups (broad SMARTS) is 1. The summed E-state index contributed by atoms with van der Waals surface area (Å²) < 4.78 is 10.6. The van der Waals surface area contributed by atoms with E-state index in [1.165, 1.54) is 0 Å². The quantitative estimate of drug-likeness (QED) is 0.140. The van der Waals surface area contributed by atoms with E-state index >= 15 is 0 Å². The van der Waals surface area contributed by atoms with Crippen LogP contribution in [0.1, 0.15) is 29.6 Å².